The third-order valence-corrected chi connectivity index (χ3v) is 5.95. The number of amides is 1. The van der Waals surface area contributed by atoms with Gasteiger partial charge in [-0.3, -0.25) is 9.36 Å². The quantitative estimate of drug-likeness (QED) is 0.802. The fraction of sp³-hybridized carbons (Fsp3) is 0.444. The maximum absolute atomic E-state index is 12.4. The van der Waals surface area contributed by atoms with Gasteiger partial charge in [-0.25, -0.2) is 4.98 Å². The predicted molar refractivity (Wildman–Crippen MR) is 99.0 cm³/mol. The molecular weight excluding hydrogens is 342 g/mol. The highest BCUT2D eigenvalue weighted by Crippen LogP contribution is 2.29. The Morgan fingerprint density at radius 1 is 1.42 bits per heavy atom. The zero-order valence-electron chi connectivity index (χ0n) is 14.0. The van der Waals surface area contributed by atoms with E-state index in [1.165, 1.54) is 24.6 Å². The largest absolute Gasteiger partial charge is 0.352 e. The SMILES string of the molecule is Cc1c(Cl)cccc1-n1ccnc1SC(C)C(=O)NC1CCCC1. The first-order chi connectivity index (χ1) is 11.6. The van der Waals surface area contributed by atoms with Gasteiger partial charge in [-0.15, -0.1) is 0 Å². The maximum Gasteiger partial charge on any atom is 0.233 e. The fourth-order valence-corrected chi connectivity index (χ4v) is 4.07. The van der Waals surface area contributed by atoms with Crippen molar-refractivity contribution < 1.29 is 4.79 Å². The summed E-state index contributed by atoms with van der Waals surface area (Å²) < 4.78 is 1.99. The number of halogens is 1. The summed E-state index contributed by atoms with van der Waals surface area (Å²) in [5.74, 6) is 0.0873. The molecule has 2 aromatic rings. The molecule has 1 aromatic heterocycles. The first-order valence-corrected chi connectivity index (χ1v) is 9.58. The number of hydrogen-bond acceptors (Lipinski definition) is 3. The normalized spacial score (nSPS) is 16.3. The highest BCUT2D eigenvalue weighted by atomic mass is 35.5. The van der Waals surface area contributed by atoms with E-state index in [0.717, 1.165) is 34.3 Å². The van der Waals surface area contributed by atoms with E-state index in [1.54, 1.807) is 6.20 Å². The molecule has 0 bridgehead atoms. The first kappa shape index (κ1) is 17.4. The molecule has 1 fully saturated rings. The Morgan fingerprint density at radius 3 is 2.92 bits per heavy atom. The Kier molecular flexibility index (Phi) is 5.51. The highest BCUT2D eigenvalue weighted by molar-refractivity contribution is 8.00. The van der Waals surface area contributed by atoms with E-state index in [2.05, 4.69) is 10.3 Å². The van der Waals surface area contributed by atoms with Crippen LogP contribution in [0.1, 0.15) is 38.2 Å². The second-order valence-corrected chi connectivity index (χ2v) is 7.93. The monoisotopic (exact) mass is 363 g/mol. The molecule has 1 saturated carbocycles. The minimum atomic E-state index is -0.189. The zero-order valence-corrected chi connectivity index (χ0v) is 15.5. The fourth-order valence-electron chi connectivity index (χ4n) is 3.02. The summed E-state index contributed by atoms with van der Waals surface area (Å²) in [6, 6.07) is 6.16. The van der Waals surface area contributed by atoms with E-state index in [-0.39, 0.29) is 11.2 Å². The molecule has 0 saturated heterocycles. The summed E-state index contributed by atoms with van der Waals surface area (Å²) in [7, 11) is 0. The summed E-state index contributed by atoms with van der Waals surface area (Å²) >= 11 is 7.70. The van der Waals surface area contributed by atoms with Crippen LogP contribution in [-0.2, 0) is 4.79 Å². The smallest absolute Gasteiger partial charge is 0.233 e. The van der Waals surface area contributed by atoms with Crippen molar-refractivity contribution in [1.82, 2.24) is 14.9 Å². The van der Waals surface area contributed by atoms with E-state index >= 15 is 0 Å². The molecule has 4 nitrogen and oxygen atoms in total. The number of nitrogens with zero attached hydrogens (tertiary/aromatic N) is 2. The van der Waals surface area contributed by atoms with Crippen LogP contribution in [0.2, 0.25) is 5.02 Å². The summed E-state index contributed by atoms with van der Waals surface area (Å²) in [5, 5.41) is 4.49. The van der Waals surface area contributed by atoms with E-state index in [1.807, 2.05) is 42.8 Å². The Bertz CT molecular complexity index is 725. The van der Waals surface area contributed by atoms with Gasteiger partial charge in [0.25, 0.3) is 0 Å². The minimum absolute atomic E-state index is 0.0873. The zero-order chi connectivity index (χ0) is 17.1. The maximum atomic E-state index is 12.4. The second kappa shape index (κ2) is 7.62. The minimum Gasteiger partial charge on any atom is -0.352 e. The molecule has 24 heavy (non-hydrogen) atoms. The van der Waals surface area contributed by atoms with E-state index < -0.39 is 0 Å². The van der Waals surface area contributed by atoms with Crippen LogP contribution in [0.15, 0.2) is 35.7 Å². The summed E-state index contributed by atoms with van der Waals surface area (Å²) in [6.45, 7) is 3.92. The molecule has 0 spiro atoms. The Hall–Kier alpha value is -1.46. The molecule has 1 atom stereocenters. The number of nitrogens with one attached hydrogen (secondary N) is 1. The number of rotatable bonds is 5. The average Bonchev–Trinajstić information content (AvgIpc) is 3.22. The van der Waals surface area contributed by atoms with Crippen LogP contribution in [-0.4, -0.2) is 26.8 Å². The van der Waals surface area contributed by atoms with Crippen LogP contribution in [0.25, 0.3) is 5.69 Å². The Morgan fingerprint density at radius 2 is 2.17 bits per heavy atom. The standard InChI is InChI=1S/C18H22ClN3OS/c1-12-15(19)8-5-9-16(12)22-11-10-20-18(22)24-13(2)17(23)21-14-6-3-4-7-14/h5,8-11,13-14H,3-4,6-7H2,1-2H3,(H,21,23). The number of imidazole rings is 1. The summed E-state index contributed by atoms with van der Waals surface area (Å²) in [5.41, 5.74) is 1.99. The molecule has 128 valence electrons. The third kappa shape index (κ3) is 3.78. The lowest BCUT2D eigenvalue weighted by atomic mass is 10.2. The molecule has 1 N–H and O–H groups in total. The Labute approximate surface area is 152 Å². The van der Waals surface area contributed by atoms with Crippen LogP contribution in [0.5, 0.6) is 0 Å². The number of hydrogen-bond donors (Lipinski definition) is 1. The van der Waals surface area contributed by atoms with Crippen LogP contribution >= 0.6 is 23.4 Å². The van der Waals surface area contributed by atoms with Crippen molar-refractivity contribution in [3.8, 4) is 5.69 Å². The number of carbonyl (C=O) groups excluding carboxylic acids is 1. The van der Waals surface area contributed by atoms with Gasteiger partial charge < -0.3 is 5.32 Å². The van der Waals surface area contributed by atoms with E-state index in [0.29, 0.717) is 6.04 Å². The number of thioether (sulfide) groups is 1. The topological polar surface area (TPSA) is 46.9 Å². The molecular formula is C18H22ClN3OS. The molecule has 3 rings (SSSR count). The summed E-state index contributed by atoms with van der Waals surface area (Å²) in [4.78, 5) is 16.8. The van der Waals surface area contributed by atoms with Crippen molar-refractivity contribution in [1.29, 1.82) is 0 Å². The van der Waals surface area contributed by atoms with Gasteiger partial charge >= 0.3 is 0 Å². The van der Waals surface area contributed by atoms with Gasteiger partial charge in [-0.05, 0) is 44.4 Å². The lowest BCUT2D eigenvalue weighted by molar-refractivity contribution is -0.120. The molecule has 1 unspecified atom stereocenters. The average molecular weight is 364 g/mol. The molecule has 1 heterocycles. The van der Waals surface area contributed by atoms with Gasteiger partial charge in [0.05, 0.1) is 10.9 Å². The van der Waals surface area contributed by atoms with Gasteiger partial charge in [0.2, 0.25) is 5.91 Å². The van der Waals surface area contributed by atoms with Crippen molar-refractivity contribution in [2.45, 2.75) is 56.0 Å². The van der Waals surface area contributed by atoms with Crippen molar-refractivity contribution in [2.24, 2.45) is 0 Å². The van der Waals surface area contributed by atoms with E-state index in [9.17, 15) is 4.79 Å². The molecule has 1 aliphatic carbocycles. The third-order valence-electron chi connectivity index (χ3n) is 4.46. The number of carbonyl (C=O) groups is 1. The van der Waals surface area contributed by atoms with Crippen molar-refractivity contribution in [2.75, 3.05) is 0 Å². The van der Waals surface area contributed by atoms with Crippen molar-refractivity contribution in [3.05, 3.63) is 41.2 Å². The second-order valence-electron chi connectivity index (χ2n) is 6.21. The predicted octanol–water partition coefficient (Wildman–Crippen LogP) is 4.37. The molecule has 0 radical (unpaired) electrons. The molecule has 0 aliphatic heterocycles. The number of aromatic nitrogens is 2. The first-order valence-electron chi connectivity index (χ1n) is 8.32. The molecule has 1 aliphatic rings. The van der Waals surface area contributed by atoms with E-state index in [4.69, 9.17) is 11.6 Å². The van der Waals surface area contributed by atoms with Gasteiger partial charge in [-0.2, -0.15) is 0 Å². The lowest BCUT2D eigenvalue weighted by Gasteiger charge is -2.17. The molecule has 1 aromatic carbocycles. The molecule has 6 heteroatoms. The van der Waals surface area contributed by atoms with Crippen LogP contribution in [0.4, 0.5) is 0 Å². The Balaban J connectivity index is 1.73. The van der Waals surface area contributed by atoms with Crippen molar-refractivity contribution >= 4 is 29.3 Å². The van der Waals surface area contributed by atoms with Gasteiger partial charge in [0.1, 0.15) is 0 Å². The van der Waals surface area contributed by atoms with Crippen LogP contribution in [0.3, 0.4) is 0 Å². The van der Waals surface area contributed by atoms with Gasteiger partial charge in [0, 0.05) is 23.5 Å². The van der Waals surface area contributed by atoms with Crippen LogP contribution in [0, 0.1) is 6.92 Å². The van der Waals surface area contributed by atoms with Crippen molar-refractivity contribution in [3.63, 3.8) is 0 Å². The van der Waals surface area contributed by atoms with Crippen LogP contribution < -0.4 is 5.32 Å². The highest BCUT2D eigenvalue weighted by Gasteiger charge is 2.23. The summed E-state index contributed by atoms with van der Waals surface area (Å²) in [6.07, 6.45) is 8.28. The number of benzene rings is 1. The molecule has 1 amide bonds. The van der Waals surface area contributed by atoms with Gasteiger partial charge in [-0.1, -0.05) is 42.3 Å². The lowest BCUT2D eigenvalue weighted by Crippen LogP contribution is -2.37. The van der Waals surface area contributed by atoms with Gasteiger partial charge in [0.15, 0.2) is 5.16 Å².